The number of likely N-dealkylation sites (N-methyl/N-ethyl adjacent to an activating group) is 1. The van der Waals surface area contributed by atoms with Crippen molar-refractivity contribution in [3.63, 3.8) is 0 Å². The van der Waals surface area contributed by atoms with Gasteiger partial charge in [0.2, 0.25) is 0 Å². The molecule has 1 saturated carbocycles. The zero-order valence-electron chi connectivity index (χ0n) is 12.5. The Bertz CT molecular complexity index is 412. The maximum Gasteiger partial charge on any atom is 0.0712 e. The lowest BCUT2D eigenvalue weighted by Gasteiger charge is -2.30. The van der Waals surface area contributed by atoms with Crippen LogP contribution in [0.4, 0.5) is 0 Å². The first-order valence-electron chi connectivity index (χ1n) is 7.45. The van der Waals surface area contributed by atoms with E-state index in [0.29, 0.717) is 5.92 Å². The smallest absolute Gasteiger partial charge is 0.0712 e. The van der Waals surface area contributed by atoms with Gasteiger partial charge >= 0.3 is 0 Å². The highest BCUT2D eigenvalue weighted by Gasteiger charge is 2.28. The molecule has 1 aliphatic rings. The molecule has 0 radical (unpaired) electrons. The summed E-state index contributed by atoms with van der Waals surface area (Å²) in [6.07, 6.45) is 8.37. The summed E-state index contributed by atoms with van der Waals surface area (Å²) in [6, 6.07) is 0.189. The average Bonchev–Trinajstić information content (AvgIpc) is 2.80. The van der Waals surface area contributed by atoms with Crippen LogP contribution in [0.25, 0.3) is 0 Å². The predicted octanol–water partition coefficient (Wildman–Crippen LogP) is 2.29. The molecule has 6 heteroatoms. The lowest BCUT2D eigenvalue weighted by atomic mass is 9.83. The zero-order valence-corrected chi connectivity index (χ0v) is 14.1. The Hall–Kier alpha value is -0.430. The molecule has 0 bridgehead atoms. The Morgan fingerprint density at radius 2 is 2.15 bits per heavy atom. The molecule has 0 aliphatic heterocycles. The van der Waals surface area contributed by atoms with Gasteiger partial charge in [-0.3, -0.25) is 16.0 Å². The summed E-state index contributed by atoms with van der Waals surface area (Å²) in [6.45, 7) is 1.86. The molecule has 0 amide bonds. The fraction of sp³-hybridized carbons (Fsp3) is 0.786. The molecule has 1 aromatic heterocycles. The van der Waals surface area contributed by atoms with Gasteiger partial charge in [0.05, 0.1) is 29.0 Å². The molecular weight excluding hydrogens is 318 g/mol. The molecule has 114 valence electrons. The number of aromatic nitrogens is 2. The normalized spacial score (nSPS) is 18.6. The van der Waals surface area contributed by atoms with Crippen LogP contribution >= 0.6 is 15.9 Å². The molecule has 20 heavy (non-hydrogen) atoms. The van der Waals surface area contributed by atoms with E-state index >= 15 is 0 Å². The van der Waals surface area contributed by atoms with Crippen molar-refractivity contribution in [2.45, 2.75) is 44.7 Å². The van der Waals surface area contributed by atoms with Gasteiger partial charge in [0.25, 0.3) is 0 Å². The van der Waals surface area contributed by atoms with Crippen LogP contribution in [0.3, 0.4) is 0 Å². The maximum absolute atomic E-state index is 5.87. The van der Waals surface area contributed by atoms with Crippen LogP contribution in [0.2, 0.25) is 0 Å². The van der Waals surface area contributed by atoms with E-state index in [2.05, 4.69) is 50.1 Å². The van der Waals surface area contributed by atoms with Gasteiger partial charge in [-0.15, -0.1) is 0 Å². The molecule has 0 spiro atoms. The standard InChI is InChI=1S/C14H26BrN5/c1-19(2)8-9-20-14(12(15)10-17-20)13(18-16)11-6-4-3-5-7-11/h10-11,13,18H,3-9,16H2,1-2H3. The molecule has 1 aromatic rings. The number of hydrazine groups is 1. The Kier molecular flexibility index (Phi) is 6.01. The second-order valence-electron chi connectivity index (χ2n) is 5.95. The SMILES string of the molecule is CN(C)CCn1ncc(Br)c1C(NN)C1CCCCC1. The van der Waals surface area contributed by atoms with Crippen molar-refractivity contribution in [1.82, 2.24) is 20.1 Å². The number of nitrogens with one attached hydrogen (secondary N) is 1. The number of hydrogen-bond acceptors (Lipinski definition) is 4. The van der Waals surface area contributed by atoms with Gasteiger partial charge < -0.3 is 4.90 Å². The van der Waals surface area contributed by atoms with Crippen LogP contribution in [0.15, 0.2) is 10.7 Å². The molecule has 1 atom stereocenters. The molecule has 1 heterocycles. The van der Waals surface area contributed by atoms with Crippen LogP contribution < -0.4 is 11.3 Å². The van der Waals surface area contributed by atoms with E-state index in [1.54, 1.807) is 0 Å². The lowest BCUT2D eigenvalue weighted by molar-refractivity contribution is 0.258. The molecule has 3 N–H and O–H groups in total. The summed E-state index contributed by atoms with van der Waals surface area (Å²) >= 11 is 3.64. The van der Waals surface area contributed by atoms with Crippen molar-refractivity contribution in [1.29, 1.82) is 0 Å². The van der Waals surface area contributed by atoms with E-state index in [1.807, 2.05) is 6.20 Å². The molecule has 1 fully saturated rings. The summed E-state index contributed by atoms with van der Waals surface area (Å²) in [7, 11) is 4.16. The van der Waals surface area contributed by atoms with Gasteiger partial charge in [-0.25, -0.2) is 0 Å². The quantitative estimate of drug-likeness (QED) is 0.614. The first kappa shape index (κ1) is 15.9. The van der Waals surface area contributed by atoms with Crippen molar-refractivity contribution < 1.29 is 0 Å². The highest BCUT2D eigenvalue weighted by Crippen LogP contribution is 2.36. The minimum absolute atomic E-state index is 0.189. The largest absolute Gasteiger partial charge is 0.308 e. The Morgan fingerprint density at radius 3 is 2.75 bits per heavy atom. The van der Waals surface area contributed by atoms with Crippen molar-refractivity contribution in [3.8, 4) is 0 Å². The third-order valence-corrected chi connectivity index (χ3v) is 4.80. The van der Waals surface area contributed by atoms with Crippen molar-refractivity contribution in [2.75, 3.05) is 20.6 Å². The highest BCUT2D eigenvalue weighted by molar-refractivity contribution is 9.10. The molecule has 1 unspecified atom stereocenters. The number of hydrogen-bond donors (Lipinski definition) is 2. The van der Waals surface area contributed by atoms with Crippen LogP contribution in [-0.2, 0) is 6.54 Å². The number of halogens is 1. The minimum atomic E-state index is 0.189. The summed E-state index contributed by atoms with van der Waals surface area (Å²) in [4.78, 5) is 2.17. The van der Waals surface area contributed by atoms with Gasteiger partial charge in [-0.1, -0.05) is 19.3 Å². The fourth-order valence-electron chi connectivity index (χ4n) is 3.06. The molecule has 0 saturated heterocycles. The Labute approximate surface area is 130 Å². The van der Waals surface area contributed by atoms with Gasteiger partial charge in [0, 0.05) is 6.54 Å². The van der Waals surface area contributed by atoms with E-state index in [-0.39, 0.29) is 6.04 Å². The van der Waals surface area contributed by atoms with Gasteiger partial charge in [0.1, 0.15) is 0 Å². The first-order chi connectivity index (χ1) is 9.63. The summed E-state index contributed by atoms with van der Waals surface area (Å²) < 4.78 is 3.15. The zero-order chi connectivity index (χ0) is 14.5. The molecule has 0 aromatic carbocycles. The molecule has 5 nitrogen and oxygen atoms in total. The maximum atomic E-state index is 5.87. The van der Waals surface area contributed by atoms with Crippen LogP contribution in [0.1, 0.15) is 43.8 Å². The number of nitrogens with zero attached hydrogens (tertiary/aromatic N) is 3. The van der Waals surface area contributed by atoms with E-state index in [9.17, 15) is 0 Å². The predicted molar refractivity (Wildman–Crippen MR) is 85.1 cm³/mol. The van der Waals surface area contributed by atoms with Crippen LogP contribution in [0, 0.1) is 5.92 Å². The van der Waals surface area contributed by atoms with E-state index in [1.165, 1.54) is 37.8 Å². The Balaban J connectivity index is 2.17. The third kappa shape index (κ3) is 3.81. The monoisotopic (exact) mass is 343 g/mol. The van der Waals surface area contributed by atoms with Crippen LogP contribution in [-0.4, -0.2) is 35.3 Å². The van der Waals surface area contributed by atoms with Crippen molar-refractivity contribution in [3.05, 3.63) is 16.4 Å². The van der Waals surface area contributed by atoms with Crippen molar-refractivity contribution >= 4 is 15.9 Å². The Morgan fingerprint density at radius 1 is 1.45 bits per heavy atom. The molecular formula is C14H26BrN5. The topological polar surface area (TPSA) is 59.1 Å². The third-order valence-electron chi connectivity index (χ3n) is 4.19. The second-order valence-corrected chi connectivity index (χ2v) is 6.80. The van der Waals surface area contributed by atoms with E-state index in [4.69, 9.17) is 5.84 Å². The number of rotatable bonds is 6. The number of nitrogens with two attached hydrogens (primary N) is 1. The van der Waals surface area contributed by atoms with E-state index < -0.39 is 0 Å². The van der Waals surface area contributed by atoms with Crippen molar-refractivity contribution in [2.24, 2.45) is 11.8 Å². The molecule has 1 aliphatic carbocycles. The van der Waals surface area contributed by atoms with Gasteiger partial charge in [-0.05, 0) is 48.8 Å². The minimum Gasteiger partial charge on any atom is -0.308 e. The summed E-state index contributed by atoms with van der Waals surface area (Å²) in [5.41, 5.74) is 4.23. The average molecular weight is 344 g/mol. The van der Waals surface area contributed by atoms with Gasteiger partial charge in [-0.2, -0.15) is 5.10 Å². The van der Waals surface area contributed by atoms with E-state index in [0.717, 1.165) is 17.6 Å². The summed E-state index contributed by atoms with van der Waals surface area (Å²) in [5.74, 6) is 6.48. The van der Waals surface area contributed by atoms with Gasteiger partial charge in [0.15, 0.2) is 0 Å². The second kappa shape index (κ2) is 7.54. The lowest BCUT2D eigenvalue weighted by Crippen LogP contribution is -2.36. The fourth-order valence-corrected chi connectivity index (χ4v) is 3.60. The van der Waals surface area contributed by atoms with Crippen LogP contribution in [0.5, 0.6) is 0 Å². The molecule has 2 rings (SSSR count). The highest BCUT2D eigenvalue weighted by atomic mass is 79.9. The summed E-state index contributed by atoms with van der Waals surface area (Å²) in [5, 5.41) is 4.50. The first-order valence-corrected chi connectivity index (χ1v) is 8.25.